The summed E-state index contributed by atoms with van der Waals surface area (Å²) in [7, 11) is 0. The van der Waals surface area contributed by atoms with E-state index in [1.54, 1.807) is 12.4 Å². The standard InChI is InChI=1S/C16H13N3OS/c20-16(15-5-3-9-21-15)19-11-12-6-7-14(18-10-12)13-4-1-2-8-17-13/h1-10H,11H2,(H,19,20). The van der Waals surface area contributed by atoms with Crippen LogP contribution in [0.5, 0.6) is 0 Å². The molecule has 21 heavy (non-hydrogen) atoms. The quantitative estimate of drug-likeness (QED) is 0.804. The van der Waals surface area contributed by atoms with E-state index in [0.717, 1.165) is 17.0 Å². The maximum Gasteiger partial charge on any atom is 0.261 e. The molecule has 0 aromatic carbocycles. The van der Waals surface area contributed by atoms with Crippen LogP contribution >= 0.6 is 11.3 Å². The Morgan fingerprint density at radius 3 is 2.62 bits per heavy atom. The molecule has 1 N–H and O–H groups in total. The number of thiophene rings is 1. The molecular formula is C16H13N3OS. The van der Waals surface area contributed by atoms with Gasteiger partial charge in [0.15, 0.2) is 0 Å². The fraction of sp³-hybridized carbons (Fsp3) is 0.0625. The first kappa shape index (κ1) is 13.5. The Balaban J connectivity index is 1.64. The molecule has 0 spiro atoms. The number of amides is 1. The van der Waals surface area contributed by atoms with Crippen molar-refractivity contribution in [1.82, 2.24) is 15.3 Å². The van der Waals surface area contributed by atoms with E-state index in [-0.39, 0.29) is 5.91 Å². The largest absolute Gasteiger partial charge is 0.347 e. The molecule has 0 aliphatic carbocycles. The fourth-order valence-electron chi connectivity index (χ4n) is 1.87. The zero-order valence-corrected chi connectivity index (χ0v) is 12.0. The highest BCUT2D eigenvalue weighted by Crippen LogP contribution is 2.13. The van der Waals surface area contributed by atoms with E-state index in [4.69, 9.17) is 0 Å². The topological polar surface area (TPSA) is 54.9 Å². The van der Waals surface area contributed by atoms with Gasteiger partial charge in [0.05, 0.1) is 16.3 Å². The highest BCUT2D eigenvalue weighted by atomic mass is 32.1. The van der Waals surface area contributed by atoms with Gasteiger partial charge in [0.1, 0.15) is 0 Å². The number of nitrogens with one attached hydrogen (secondary N) is 1. The van der Waals surface area contributed by atoms with Crippen molar-refractivity contribution in [3.8, 4) is 11.4 Å². The van der Waals surface area contributed by atoms with Crippen LogP contribution in [-0.4, -0.2) is 15.9 Å². The van der Waals surface area contributed by atoms with E-state index in [9.17, 15) is 4.79 Å². The molecule has 4 nitrogen and oxygen atoms in total. The van der Waals surface area contributed by atoms with E-state index < -0.39 is 0 Å². The average Bonchev–Trinajstić information content (AvgIpc) is 3.08. The van der Waals surface area contributed by atoms with Crippen molar-refractivity contribution >= 4 is 17.2 Å². The first-order valence-corrected chi connectivity index (χ1v) is 7.39. The number of nitrogens with zero attached hydrogens (tertiary/aromatic N) is 2. The van der Waals surface area contributed by atoms with E-state index >= 15 is 0 Å². The predicted octanol–water partition coefficient (Wildman–Crippen LogP) is 3.14. The molecule has 3 heterocycles. The van der Waals surface area contributed by atoms with Gasteiger partial charge in [0, 0.05) is 18.9 Å². The Labute approximate surface area is 126 Å². The molecular weight excluding hydrogens is 282 g/mol. The third-order valence-corrected chi connectivity index (χ3v) is 3.82. The minimum Gasteiger partial charge on any atom is -0.347 e. The van der Waals surface area contributed by atoms with Crippen LogP contribution in [0.15, 0.2) is 60.2 Å². The monoisotopic (exact) mass is 295 g/mol. The van der Waals surface area contributed by atoms with E-state index in [1.807, 2.05) is 47.8 Å². The van der Waals surface area contributed by atoms with Crippen LogP contribution in [0.3, 0.4) is 0 Å². The molecule has 0 aliphatic rings. The summed E-state index contributed by atoms with van der Waals surface area (Å²) >= 11 is 1.43. The number of pyridine rings is 2. The second-order valence-corrected chi connectivity index (χ2v) is 5.37. The van der Waals surface area contributed by atoms with Gasteiger partial charge in [-0.1, -0.05) is 18.2 Å². The van der Waals surface area contributed by atoms with Crippen molar-refractivity contribution in [1.29, 1.82) is 0 Å². The third-order valence-electron chi connectivity index (χ3n) is 2.95. The second-order valence-electron chi connectivity index (χ2n) is 4.43. The first-order valence-electron chi connectivity index (χ1n) is 6.51. The number of hydrogen-bond donors (Lipinski definition) is 1. The third kappa shape index (κ3) is 3.32. The average molecular weight is 295 g/mol. The van der Waals surface area contributed by atoms with Crippen LogP contribution < -0.4 is 5.32 Å². The van der Waals surface area contributed by atoms with Gasteiger partial charge in [0.25, 0.3) is 5.91 Å². The highest BCUT2D eigenvalue weighted by Gasteiger charge is 2.06. The second kappa shape index (κ2) is 6.28. The molecule has 1 amide bonds. The molecule has 0 radical (unpaired) electrons. The van der Waals surface area contributed by atoms with E-state index in [1.165, 1.54) is 11.3 Å². The van der Waals surface area contributed by atoms with Gasteiger partial charge in [-0.3, -0.25) is 14.8 Å². The first-order chi connectivity index (χ1) is 10.3. The van der Waals surface area contributed by atoms with Crippen molar-refractivity contribution in [3.05, 3.63) is 70.7 Å². The summed E-state index contributed by atoms with van der Waals surface area (Å²) in [5.74, 6) is -0.0567. The lowest BCUT2D eigenvalue weighted by molar-refractivity contribution is 0.0955. The molecule has 104 valence electrons. The summed E-state index contributed by atoms with van der Waals surface area (Å²) in [5.41, 5.74) is 2.62. The lowest BCUT2D eigenvalue weighted by Gasteiger charge is -2.05. The predicted molar refractivity (Wildman–Crippen MR) is 83.0 cm³/mol. The van der Waals surface area contributed by atoms with Crippen LogP contribution in [0, 0.1) is 0 Å². The molecule has 0 saturated carbocycles. The van der Waals surface area contributed by atoms with E-state index in [0.29, 0.717) is 11.4 Å². The van der Waals surface area contributed by atoms with Crippen LogP contribution in [0.25, 0.3) is 11.4 Å². The number of aromatic nitrogens is 2. The van der Waals surface area contributed by atoms with E-state index in [2.05, 4.69) is 15.3 Å². The molecule has 3 rings (SSSR count). The maximum absolute atomic E-state index is 11.8. The number of carbonyl (C=O) groups is 1. The summed E-state index contributed by atoms with van der Waals surface area (Å²) in [5, 5.41) is 4.76. The van der Waals surface area contributed by atoms with Gasteiger partial charge in [-0.15, -0.1) is 11.3 Å². The Morgan fingerprint density at radius 1 is 1.05 bits per heavy atom. The lowest BCUT2D eigenvalue weighted by atomic mass is 10.2. The van der Waals surface area contributed by atoms with Crippen molar-refractivity contribution in [2.45, 2.75) is 6.54 Å². The Bertz CT molecular complexity index is 709. The Morgan fingerprint density at radius 2 is 1.95 bits per heavy atom. The van der Waals surface area contributed by atoms with Crippen molar-refractivity contribution in [2.24, 2.45) is 0 Å². The van der Waals surface area contributed by atoms with Crippen LogP contribution in [0.1, 0.15) is 15.2 Å². The molecule has 0 bridgehead atoms. The molecule has 0 aliphatic heterocycles. The summed E-state index contributed by atoms with van der Waals surface area (Å²) < 4.78 is 0. The van der Waals surface area contributed by atoms with Gasteiger partial charge in [-0.25, -0.2) is 0 Å². The fourth-order valence-corrected chi connectivity index (χ4v) is 2.51. The molecule has 3 aromatic heterocycles. The number of hydrogen-bond acceptors (Lipinski definition) is 4. The molecule has 3 aromatic rings. The number of carbonyl (C=O) groups excluding carboxylic acids is 1. The lowest BCUT2D eigenvalue weighted by Crippen LogP contribution is -2.21. The van der Waals surface area contributed by atoms with Gasteiger partial charge < -0.3 is 5.32 Å². The molecule has 0 unspecified atom stereocenters. The Kier molecular flexibility index (Phi) is 4.02. The van der Waals surface area contributed by atoms with Gasteiger partial charge in [-0.2, -0.15) is 0 Å². The van der Waals surface area contributed by atoms with Gasteiger partial charge >= 0.3 is 0 Å². The summed E-state index contributed by atoms with van der Waals surface area (Å²) in [4.78, 5) is 21.2. The van der Waals surface area contributed by atoms with Crippen LogP contribution in [-0.2, 0) is 6.54 Å². The highest BCUT2D eigenvalue weighted by molar-refractivity contribution is 7.12. The van der Waals surface area contributed by atoms with Crippen LogP contribution in [0.2, 0.25) is 0 Å². The minimum atomic E-state index is -0.0567. The summed E-state index contributed by atoms with van der Waals surface area (Å²) in [6.07, 6.45) is 3.50. The Hall–Kier alpha value is -2.53. The molecule has 0 fully saturated rings. The SMILES string of the molecule is O=C(NCc1ccc(-c2ccccn2)nc1)c1cccs1. The van der Waals surface area contributed by atoms with Crippen molar-refractivity contribution in [3.63, 3.8) is 0 Å². The molecule has 5 heteroatoms. The number of rotatable bonds is 4. The van der Waals surface area contributed by atoms with Gasteiger partial charge in [0.2, 0.25) is 0 Å². The van der Waals surface area contributed by atoms with Gasteiger partial charge in [-0.05, 0) is 35.2 Å². The zero-order chi connectivity index (χ0) is 14.5. The maximum atomic E-state index is 11.8. The molecule has 0 saturated heterocycles. The minimum absolute atomic E-state index is 0.0567. The normalized spacial score (nSPS) is 10.3. The smallest absolute Gasteiger partial charge is 0.261 e. The van der Waals surface area contributed by atoms with Crippen LogP contribution in [0.4, 0.5) is 0 Å². The summed E-state index contributed by atoms with van der Waals surface area (Å²) in [6, 6.07) is 13.3. The molecule has 0 atom stereocenters. The zero-order valence-electron chi connectivity index (χ0n) is 11.2. The van der Waals surface area contributed by atoms with Crippen molar-refractivity contribution < 1.29 is 4.79 Å². The summed E-state index contributed by atoms with van der Waals surface area (Å²) in [6.45, 7) is 0.465. The van der Waals surface area contributed by atoms with Crippen molar-refractivity contribution in [2.75, 3.05) is 0 Å².